The maximum absolute atomic E-state index is 12.0. The number of hydrogen-bond acceptors (Lipinski definition) is 6. The number of hydrogen-bond donors (Lipinski definition) is 2. The third kappa shape index (κ3) is 3.41. The second kappa shape index (κ2) is 5.83. The van der Waals surface area contributed by atoms with Gasteiger partial charge < -0.3 is 9.52 Å². The van der Waals surface area contributed by atoms with Gasteiger partial charge in [-0.15, -0.1) is 11.3 Å². The van der Waals surface area contributed by atoms with Gasteiger partial charge in [0.05, 0.1) is 24.2 Å². The molecule has 0 aliphatic carbocycles. The van der Waals surface area contributed by atoms with Crippen LogP contribution >= 0.6 is 11.3 Å². The molecule has 0 aromatic carbocycles. The Kier molecular flexibility index (Phi) is 4.35. The monoisotopic (exact) mass is 302 g/mol. The van der Waals surface area contributed by atoms with Gasteiger partial charge in [0, 0.05) is 16.7 Å². The fraction of sp³-hybridized carbons (Fsp3) is 0.364. The van der Waals surface area contributed by atoms with Crippen molar-refractivity contribution in [3.8, 4) is 0 Å². The Morgan fingerprint density at radius 1 is 1.53 bits per heavy atom. The van der Waals surface area contributed by atoms with E-state index in [4.69, 9.17) is 9.52 Å². The molecule has 0 fully saturated rings. The summed E-state index contributed by atoms with van der Waals surface area (Å²) in [4.78, 5) is 4.72. The Balaban J connectivity index is 2.05. The number of aliphatic hydroxyl groups excluding tert-OH is 1. The molecule has 0 amide bonds. The fourth-order valence-electron chi connectivity index (χ4n) is 1.42. The van der Waals surface area contributed by atoms with Gasteiger partial charge in [-0.3, -0.25) is 0 Å². The number of thiophene rings is 1. The molecular formula is C11H14N2O4S2. The zero-order chi connectivity index (χ0) is 13.9. The van der Waals surface area contributed by atoms with E-state index in [1.54, 1.807) is 6.20 Å². The molecular weight excluding hydrogens is 288 g/mol. The third-order valence-corrected chi connectivity index (χ3v) is 4.91. The normalized spacial score (nSPS) is 11.9. The van der Waals surface area contributed by atoms with Crippen molar-refractivity contribution in [3.63, 3.8) is 0 Å². The minimum atomic E-state index is -3.60. The molecule has 2 aromatic rings. The molecule has 2 aromatic heterocycles. The zero-order valence-electron chi connectivity index (χ0n) is 10.3. The molecule has 0 atom stereocenters. The molecule has 2 rings (SSSR count). The van der Waals surface area contributed by atoms with Crippen molar-refractivity contribution < 1.29 is 17.9 Å². The van der Waals surface area contributed by atoms with E-state index >= 15 is 0 Å². The van der Waals surface area contributed by atoms with Crippen molar-refractivity contribution in [2.45, 2.75) is 31.4 Å². The van der Waals surface area contributed by atoms with Gasteiger partial charge in [-0.25, -0.2) is 18.1 Å². The van der Waals surface area contributed by atoms with Crippen LogP contribution in [0.2, 0.25) is 0 Å². The summed E-state index contributed by atoms with van der Waals surface area (Å²) in [6.45, 7) is 1.77. The highest BCUT2D eigenvalue weighted by Gasteiger charge is 2.17. The van der Waals surface area contributed by atoms with Crippen LogP contribution in [0, 0.1) is 0 Å². The summed E-state index contributed by atoms with van der Waals surface area (Å²) in [6, 6.07) is 1.44. The summed E-state index contributed by atoms with van der Waals surface area (Å²) in [5.74, 6) is 1.05. The molecule has 19 heavy (non-hydrogen) atoms. The summed E-state index contributed by atoms with van der Waals surface area (Å²) in [7, 11) is -3.60. The molecule has 0 saturated heterocycles. The van der Waals surface area contributed by atoms with Gasteiger partial charge in [-0.1, -0.05) is 6.92 Å². The summed E-state index contributed by atoms with van der Waals surface area (Å²) in [5.41, 5.74) is 0. The molecule has 0 spiro atoms. The van der Waals surface area contributed by atoms with Crippen LogP contribution in [0.4, 0.5) is 0 Å². The van der Waals surface area contributed by atoms with E-state index < -0.39 is 10.0 Å². The van der Waals surface area contributed by atoms with Crippen LogP contribution in [0.25, 0.3) is 0 Å². The number of aromatic nitrogens is 1. The highest BCUT2D eigenvalue weighted by molar-refractivity contribution is 7.89. The Morgan fingerprint density at radius 3 is 2.89 bits per heavy atom. The number of aliphatic hydroxyl groups is 1. The summed E-state index contributed by atoms with van der Waals surface area (Å²) in [6.07, 6.45) is 2.29. The Morgan fingerprint density at radius 2 is 2.32 bits per heavy atom. The summed E-state index contributed by atoms with van der Waals surface area (Å²) < 4.78 is 31.6. The van der Waals surface area contributed by atoms with E-state index in [1.807, 2.05) is 6.92 Å². The van der Waals surface area contributed by atoms with Gasteiger partial charge in [0.25, 0.3) is 0 Å². The molecule has 0 radical (unpaired) electrons. The largest absolute Gasteiger partial charge is 0.444 e. The van der Waals surface area contributed by atoms with Crippen molar-refractivity contribution in [1.29, 1.82) is 0 Å². The number of aryl methyl sites for hydroxylation is 1. The zero-order valence-corrected chi connectivity index (χ0v) is 11.9. The quantitative estimate of drug-likeness (QED) is 0.838. The standard InChI is InChI=1S/C11H14N2O4S2/c1-2-8-4-12-11(17-8)5-13-19(15,16)10-3-9(6-14)18-7-10/h3-4,7,13-14H,2,5-6H2,1H3. The number of nitrogens with one attached hydrogen (secondary N) is 1. The van der Waals surface area contributed by atoms with Crippen molar-refractivity contribution >= 4 is 21.4 Å². The van der Waals surface area contributed by atoms with Crippen LogP contribution in [-0.2, 0) is 29.6 Å². The van der Waals surface area contributed by atoms with Crippen molar-refractivity contribution in [2.24, 2.45) is 0 Å². The minimum absolute atomic E-state index is 0.00659. The molecule has 0 bridgehead atoms. The Labute approximate surface area is 115 Å². The van der Waals surface area contributed by atoms with Crippen LogP contribution < -0.4 is 4.72 Å². The first-order valence-corrected chi connectivity index (χ1v) is 8.03. The molecule has 6 nitrogen and oxygen atoms in total. The van der Waals surface area contributed by atoms with Crippen LogP contribution in [0.3, 0.4) is 0 Å². The second-order valence-electron chi connectivity index (χ2n) is 3.81. The lowest BCUT2D eigenvalue weighted by molar-refractivity contribution is 0.285. The van der Waals surface area contributed by atoms with Gasteiger partial charge in [-0.05, 0) is 6.07 Å². The lowest BCUT2D eigenvalue weighted by atomic mass is 10.4. The van der Waals surface area contributed by atoms with Crippen molar-refractivity contribution in [2.75, 3.05) is 0 Å². The van der Waals surface area contributed by atoms with Crippen LogP contribution in [0.5, 0.6) is 0 Å². The maximum Gasteiger partial charge on any atom is 0.241 e. The first-order valence-electron chi connectivity index (χ1n) is 5.66. The first kappa shape index (κ1) is 14.2. The number of rotatable bonds is 6. The predicted octanol–water partition coefficient (Wildman–Crippen LogP) is 1.27. The van der Waals surface area contributed by atoms with Gasteiger partial charge >= 0.3 is 0 Å². The highest BCUT2D eigenvalue weighted by atomic mass is 32.2. The summed E-state index contributed by atoms with van der Waals surface area (Å²) >= 11 is 1.20. The van der Waals surface area contributed by atoms with E-state index in [0.717, 1.165) is 0 Å². The molecule has 2 N–H and O–H groups in total. The van der Waals surface area contributed by atoms with E-state index in [9.17, 15) is 8.42 Å². The van der Waals surface area contributed by atoms with Crippen LogP contribution in [0.1, 0.15) is 23.5 Å². The minimum Gasteiger partial charge on any atom is -0.444 e. The van der Waals surface area contributed by atoms with Gasteiger partial charge in [0.1, 0.15) is 5.76 Å². The van der Waals surface area contributed by atoms with Gasteiger partial charge in [0.2, 0.25) is 15.9 Å². The molecule has 0 unspecified atom stereocenters. The SMILES string of the molecule is CCc1cnc(CNS(=O)(=O)c2csc(CO)c2)o1. The van der Waals surface area contributed by atoms with E-state index in [-0.39, 0.29) is 18.0 Å². The number of nitrogens with zero attached hydrogens (tertiary/aromatic N) is 1. The predicted molar refractivity (Wildman–Crippen MR) is 70.1 cm³/mol. The number of oxazole rings is 1. The van der Waals surface area contributed by atoms with Crippen LogP contribution in [-0.4, -0.2) is 18.5 Å². The van der Waals surface area contributed by atoms with E-state index in [2.05, 4.69) is 9.71 Å². The van der Waals surface area contributed by atoms with Crippen LogP contribution in [0.15, 0.2) is 27.0 Å². The highest BCUT2D eigenvalue weighted by Crippen LogP contribution is 2.19. The first-order chi connectivity index (χ1) is 9.05. The maximum atomic E-state index is 12.0. The molecule has 2 heterocycles. The average molecular weight is 302 g/mol. The fourth-order valence-corrected chi connectivity index (χ4v) is 3.53. The Hall–Kier alpha value is -1.22. The van der Waals surface area contributed by atoms with Crippen molar-refractivity contribution in [3.05, 3.63) is 34.2 Å². The second-order valence-corrected chi connectivity index (χ2v) is 6.57. The van der Waals surface area contributed by atoms with E-state index in [1.165, 1.54) is 22.8 Å². The summed E-state index contributed by atoms with van der Waals surface area (Å²) in [5, 5.41) is 10.4. The Bertz CT molecular complexity index is 645. The molecule has 8 heteroatoms. The van der Waals surface area contributed by atoms with Gasteiger partial charge in [-0.2, -0.15) is 0 Å². The smallest absolute Gasteiger partial charge is 0.241 e. The lowest BCUT2D eigenvalue weighted by Gasteiger charge is -2.01. The third-order valence-electron chi connectivity index (χ3n) is 2.46. The number of sulfonamides is 1. The average Bonchev–Trinajstić information content (AvgIpc) is 3.05. The van der Waals surface area contributed by atoms with Gasteiger partial charge in [0.15, 0.2) is 0 Å². The van der Waals surface area contributed by atoms with E-state index in [0.29, 0.717) is 22.9 Å². The topological polar surface area (TPSA) is 92.4 Å². The van der Waals surface area contributed by atoms with Crippen molar-refractivity contribution in [1.82, 2.24) is 9.71 Å². The molecule has 0 aliphatic heterocycles. The lowest BCUT2D eigenvalue weighted by Crippen LogP contribution is -2.22. The molecule has 0 aliphatic rings. The molecule has 104 valence electrons. The molecule has 0 saturated carbocycles.